The molecule has 5 heteroatoms. The van der Waals surface area contributed by atoms with Gasteiger partial charge in [-0.3, -0.25) is 9.69 Å². The number of benzene rings is 2. The van der Waals surface area contributed by atoms with Crippen LogP contribution in [0.4, 0.5) is 0 Å². The third-order valence-corrected chi connectivity index (χ3v) is 4.77. The molecule has 1 aliphatic heterocycles. The molecule has 1 atom stereocenters. The van der Waals surface area contributed by atoms with E-state index in [1.54, 1.807) is 0 Å². The molecular formula is C20H22N4O. The van der Waals surface area contributed by atoms with E-state index in [1.165, 1.54) is 0 Å². The number of hydrogen-bond acceptors (Lipinski definition) is 3. The van der Waals surface area contributed by atoms with E-state index in [1.807, 2.05) is 70.0 Å². The van der Waals surface area contributed by atoms with Gasteiger partial charge in [-0.05, 0) is 24.3 Å². The van der Waals surface area contributed by atoms with Gasteiger partial charge in [0, 0.05) is 26.2 Å². The number of nitrogens with one attached hydrogen (secondary N) is 1. The Hall–Kier alpha value is -2.63. The first-order valence-electron chi connectivity index (χ1n) is 8.66. The summed E-state index contributed by atoms with van der Waals surface area (Å²) in [7, 11) is 0. The first-order valence-corrected chi connectivity index (χ1v) is 8.66. The summed E-state index contributed by atoms with van der Waals surface area (Å²) in [5.74, 6) is 0. The Kier molecular flexibility index (Phi) is 4.26. The standard InChI is InChI=1S/C20H22N4O/c1-2-19(22-14-12-21-13-15-22)24-20(25)17-10-6-7-11-18(17)23(24)16-8-4-3-5-9-16/h2-11,19,21H,1,12-15H2. The van der Waals surface area contributed by atoms with E-state index in [9.17, 15) is 4.79 Å². The smallest absolute Gasteiger partial charge is 0.276 e. The van der Waals surface area contributed by atoms with Crippen LogP contribution in [0.5, 0.6) is 0 Å². The average Bonchev–Trinajstić information content (AvgIpc) is 2.97. The highest BCUT2D eigenvalue weighted by Crippen LogP contribution is 2.22. The van der Waals surface area contributed by atoms with Crippen molar-refractivity contribution >= 4 is 10.9 Å². The first kappa shape index (κ1) is 15.9. The van der Waals surface area contributed by atoms with Crippen molar-refractivity contribution in [2.45, 2.75) is 6.17 Å². The maximum Gasteiger partial charge on any atom is 0.276 e. The number of fused-ring (bicyclic) bond motifs is 1. The molecule has 1 aliphatic rings. The zero-order chi connectivity index (χ0) is 17.2. The van der Waals surface area contributed by atoms with Crippen molar-refractivity contribution in [3.63, 3.8) is 0 Å². The molecule has 0 spiro atoms. The van der Waals surface area contributed by atoms with Crippen LogP contribution in [0.25, 0.3) is 16.6 Å². The molecule has 128 valence electrons. The lowest BCUT2D eigenvalue weighted by molar-refractivity contribution is 0.139. The summed E-state index contributed by atoms with van der Waals surface area (Å²) in [6.07, 6.45) is 1.69. The zero-order valence-electron chi connectivity index (χ0n) is 14.1. The number of rotatable bonds is 4. The van der Waals surface area contributed by atoms with Crippen LogP contribution in [0.2, 0.25) is 0 Å². The Morgan fingerprint density at radius 1 is 1.00 bits per heavy atom. The van der Waals surface area contributed by atoms with Crippen molar-refractivity contribution in [3.05, 3.63) is 77.6 Å². The van der Waals surface area contributed by atoms with Gasteiger partial charge in [-0.25, -0.2) is 9.36 Å². The van der Waals surface area contributed by atoms with Gasteiger partial charge < -0.3 is 5.32 Å². The largest absolute Gasteiger partial charge is 0.314 e. The molecule has 0 radical (unpaired) electrons. The predicted octanol–water partition coefficient (Wildman–Crippen LogP) is 2.38. The Labute approximate surface area is 146 Å². The van der Waals surface area contributed by atoms with Crippen molar-refractivity contribution < 1.29 is 0 Å². The minimum Gasteiger partial charge on any atom is -0.314 e. The molecule has 4 rings (SSSR count). The van der Waals surface area contributed by atoms with Crippen molar-refractivity contribution in [2.24, 2.45) is 0 Å². The van der Waals surface area contributed by atoms with E-state index < -0.39 is 0 Å². The van der Waals surface area contributed by atoms with Gasteiger partial charge in [-0.15, -0.1) is 0 Å². The van der Waals surface area contributed by atoms with Crippen LogP contribution in [-0.2, 0) is 0 Å². The van der Waals surface area contributed by atoms with Gasteiger partial charge in [0.25, 0.3) is 5.56 Å². The van der Waals surface area contributed by atoms with Crippen molar-refractivity contribution in [1.82, 2.24) is 19.6 Å². The Bertz CT molecular complexity index is 935. The molecule has 2 aromatic carbocycles. The molecule has 0 amide bonds. The lowest BCUT2D eigenvalue weighted by Gasteiger charge is -2.34. The first-order chi connectivity index (χ1) is 12.3. The molecule has 0 aliphatic carbocycles. The quantitative estimate of drug-likeness (QED) is 0.745. The second kappa shape index (κ2) is 6.70. The summed E-state index contributed by atoms with van der Waals surface area (Å²) in [6.45, 7) is 7.64. The Morgan fingerprint density at radius 2 is 1.68 bits per heavy atom. The van der Waals surface area contributed by atoms with Gasteiger partial charge in [0.05, 0.1) is 16.6 Å². The highest BCUT2D eigenvalue weighted by atomic mass is 16.1. The van der Waals surface area contributed by atoms with Crippen LogP contribution in [0.1, 0.15) is 6.17 Å². The van der Waals surface area contributed by atoms with Crippen LogP contribution >= 0.6 is 0 Å². The van der Waals surface area contributed by atoms with Crippen LogP contribution in [-0.4, -0.2) is 40.4 Å². The molecule has 5 nitrogen and oxygen atoms in total. The van der Waals surface area contributed by atoms with Crippen molar-refractivity contribution in [1.29, 1.82) is 0 Å². The van der Waals surface area contributed by atoms with Gasteiger partial charge in [-0.2, -0.15) is 0 Å². The van der Waals surface area contributed by atoms with E-state index in [0.717, 1.165) is 42.8 Å². The van der Waals surface area contributed by atoms with E-state index in [2.05, 4.69) is 16.8 Å². The van der Waals surface area contributed by atoms with E-state index in [0.29, 0.717) is 0 Å². The summed E-state index contributed by atoms with van der Waals surface area (Å²) in [4.78, 5) is 15.5. The van der Waals surface area contributed by atoms with Gasteiger partial charge in [0.15, 0.2) is 0 Å². The molecule has 3 aromatic rings. The third kappa shape index (κ3) is 2.71. The van der Waals surface area contributed by atoms with Crippen molar-refractivity contribution in [3.8, 4) is 5.69 Å². The van der Waals surface area contributed by atoms with E-state index >= 15 is 0 Å². The number of aromatic nitrogens is 2. The lowest BCUT2D eigenvalue weighted by Crippen LogP contribution is -2.48. The summed E-state index contributed by atoms with van der Waals surface area (Å²) in [5, 5.41) is 4.09. The van der Waals surface area contributed by atoms with Crippen molar-refractivity contribution in [2.75, 3.05) is 26.2 Å². The van der Waals surface area contributed by atoms with Gasteiger partial charge in [0.2, 0.25) is 0 Å². The molecule has 2 heterocycles. The normalized spacial score (nSPS) is 16.8. The number of piperazine rings is 1. The molecule has 1 unspecified atom stereocenters. The fraction of sp³-hybridized carbons (Fsp3) is 0.250. The monoisotopic (exact) mass is 334 g/mol. The van der Waals surface area contributed by atoms with Gasteiger partial charge >= 0.3 is 0 Å². The summed E-state index contributed by atoms with van der Waals surface area (Å²) in [5.41, 5.74) is 1.91. The minimum atomic E-state index is -0.179. The van der Waals surface area contributed by atoms with Crippen LogP contribution in [0.3, 0.4) is 0 Å². The van der Waals surface area contributed by atoms with E-state index in [-0.39, 0.29) is 11.7 Å². The molecule has 0 saturated carbocycles. The Balaban J connectivity index is 1.97. The number of nitrogens with zero attached hydrogens (tertiary/aromatic N) is 3. The molecule has 1 saturated heterocycles. The van der Waals surface area contributed by atoms with Gasteiger partial charge in [-0.1, -0.05) is 43.0 Å². The summed E-state index contributed by atoms with van der Waals surface area (Å²) >= 11 is 0. The second-order valence-corrected chi connectivity index (χ2v) is 6.25. The third-order valence-electron chi connectivity index (χ3n) is 4.77. The van der Waals surface area contributed by atoms with Crippen LogP contribution in [0, 0.1) is 0 Å². The minimum absolute atomic E-state index is 0.0166. The molecule has 1 N–H and O–H groups in total. The maximum atomic E-state index is 13.2. The fourth-order valence-electron chi connectivity index (χ4n) is 3.59. The summed E-state index contributed by atoms with van der Waals surface area (Å²) in [6, 6.07) is 17.8. The molecule has 1 aromatic heterocycles. The Morgan fingerprint density at radius 3 is 2.40 bits per heavy atom. The topological polar surface area (TPSA) is 42.2 Å². The van der Waals surface area contributed by atoms with E-state index in [4.69, 9.17) is 0 Å². The average molecular weight is 334 g/mol. The number of hydrogen-bond donors (Lipinski definition) is 1. The molecule has 25 heavy (non-hydrogen) atoms. The molecular weight excluding hydrogens is 312 g/mol. The predicted molar refractivity (Wildman–Crippen MR) is 101 cm³/mol. The fourth-order valence-corrected chi connectivity index (χ4v) is 3.59. The zero-order valence-corrected chi connectivity index (χ0v) is 14.1. The number of para-hydroxylation sites is 2. The molecule has 0 bridgehead atoms. The van der Waals surface area contributed by atoms with Crippen LogP contribution in [0.15, 0.2) is 72.0 Å². The maximum absolute atomic E-state index is 13.2. The second-order valence-electron chi connectivity index (χ2n) is 6.25. The highest BCUT2D eigenvalue weighted by molar-refractivity contribution is 5.80. The van der Waals surface area contributed by atoms with Crippen LogP contribution < -0.4 is 10.9 Å². The van der Waals surface area contributed by atoms with Gasteiger partial charge in [0.1, 0.15) is 6.17 Å². The molecule has 1 fully saturated rings. The SMILES string of the molecule is C=CC(N1CCNCC1)n1c(=O)c2ccccc2n1-c1ccccc1. The highest BCUT2D eigenvalue weighted by Gasteiger charge is 2.25. The summed E-state index contributed by atoms with van der Waals surface area (Å²) < 4.78 is 3.85. The lowest BCUT2D eigenvalue weighted by atomic mass is 10.2.